The van der Waals surface area contributed by atoms with Gasteiger partial charge >= 0.3 is 6.18 Å². The number of fused-ring (bicyclic) bond motifs is 2. The number of halogens is 3. The van der Waals surface area contributed by atoms with Gasteiger partial charge in [-0.15, -0.1) is 0 Å². The van der Waals surface area contributed by atoms with Gasteiger partial charge in [-0.1, -0.05) is 12.8 Å². The fraction of sp³-hybridized carbons (Fsp3) is 0.417. The number of carbonyl (C=O) groups is 3. The molecule has 1 N–H and O–H groups in total. The maximum atomic E-state index is 13.2. The van der Waals surface area contributed by atoms with Crippen molar-refractivity contribution in [2.24, 2.45) is 11.8 Å². The maximum absolute atomic E-state index is 13.2. The van der Waals surface area contributed by atoms with Crippen LogP contribution < -0.4 is 5.32 Å². The van der Waals surface area contributed by atoms with Crippen molar-refractivity contribution in [3.63, 3.8) is 0 Å². The van der Waals surface area contributed by atoms with E-state index in [1.54, 1.807) is 16.7 Å². The van der Waals surface area contributed by atoms with Gasteiger partial charge in [0, 0.05) is 13.0 Å². The minimum Gasteiger partial charge on any atom is -0.467 e. The minimum absolute atomic E-state index is 0.0485. The summed E-state index contributed by atoms with van der Waals surface area (Å²) in [5.41, 5.74) is -0.396. The number of alkyl halides is 3. The van der Waals surface area contributed by atoms with Gasteiger partial charge in [0.25, 0.3) is 0 Å². The standard InChI is InChI=1S/C24H23F3N4O4/c25-24(26,27)14-7-8-19-18(12-14)28-23(31(19)13-15-4-3-11-35-15)29-20(32)9-10-30-21(33)16-5-1-2-6-17(16)22(30)34/h3-4,7-8,11-12,16-17H,1-2,5-6,9-10,13H2,(H,28,29,32). The molecule has 1 saturated heterocycles. The van der Waals surface area contributed by atoms with Gasteiger partial charge in [-0.05, 0) is 43.2 Å². The summed E-state index contributed by atoms with van der Waals surface area (Å²) in [6.45, 7) is 0.0874. The van der Waals surface area contributed by atoms with Crippen molar-refractivity contribution in [2.45, 2.75) is 44.8 Å². The lowest BCUT2D eigenvalue weighted by Crippen LogP contribution is -2.34. The van der Waals surface area contributed by atoms with Gasteiger partial charge < -0.3 is 8.98 Å². The summed E-state index contributed by atoms with van der Waals surface area (Å²) < 4.78 is 46.4. The molecule has 0 bridgehead atoms. The zero-order valence-corrected chi connectivity index (χ0v) is 18.7. The van der Waals surface area contributed by atoms with Crippen LogP contribution >= 0.6 is 0 Å². The maximum Gasteiger partial charge on any atom is 0.416 e. The number of imide groups is 1. The van der Waals surface area contributed by atoms with Crippen LogP contribution in [0.3, 0.4) is 0 Å². The Kier molecular flexibility index (Phi) is 5.86. The van der Waals surface area contributed by atoms with Gasteiger partial charge in [0.1, 0.15) is 5.76 Å². The third kappa shape index (κ3) is 4.42. The van der Waals surface area contributed by atoms with Crippen molar-refractivity contribution in [1.82, 2.24) is 14.5 Å². The number of likely N-dealkylation sites (tertiary alicyclic amines) is 1. The zero-order valence-electron chi connectivity index (χ0n) is 18.7. The van der Waals surface area contributed by atoms with Crippen LogP contribution in [0.2, 0.25) is 0 Å². The Morgan fingerprint density at radius 2 is 1.83 bits per heavy atom. The first-order valence-corrected chi connectivity index (χ1v) is 11.5. The second-order valence-corrected chi connectivity index (χ2v) is 8.93. The quantitative estimate of drug-likeness (QED) is 0.525. The van der Waals surface area contributed by atoms with E-state index in [1.807, 2.05) is 0 Å². The Hall–Kier alpha value is -3.63. The summed E-state index contributed by atoms with van der Waals surface area (Å²) >= 11 is 0. The molecule has 0 radical (unpaired) electrons. The van der Waals surface area contributed by atoms with E-state index in [1.165, 1.54) is 17.2 Å². The molecule has 1 aliphatic heterocycles. The van der Waals surface area contributed by atoms with E-state index in [0.29, 0.717) is 24.1 Å². The molecule has 2 fully saturated rings. The van der Waals surface area contributed by atoms with Crippen LogP contribution in [0.25, 0.3) is 11.0 Å². The highest BCUT2D eigenvalue weighted by Crippen LogP contribution is 2.38. The van der Waals surface area contributed by atoms with Crippen LogP contribution in [0.5, 0.6) is 0 Å². The lowest BCUT2D eigenvalue weighted by molar-refractivity contribution is -0.140. The van der Waals surface area contributed by atoms with E-state index >= 15 is 0 Å². The van der Waals surface area contributed by atoms with E-state index in [2.05, 4.69) is 10.3 Å². The molecule has 3 heterocycles. The van der Waals surface area contributed by atoms with Crippen LogP contribution in [0.4, 0.5) is 19.1 Å². The van der Waals surface area contributed by atoms with Crippen LogP contribution in [-0.2, 0) is 27.1 Å². The number of anilines is 1. The number of hydrogen-bond donors (Lipinski definition) is 1. The molecule has 8 nitrogen and oxygen atoms in total. The Morgan fingerprint density at radius 3 is 2.46 bits per heavy atom. The molecule has 35 heavy (non-hydrogen) atoms. The topological polar surface area (TPSA) is 97.4 Å². The highest BCUT2D eigenvalue weighted by atomic mass is 19.4. The SMILES string of the molecule is O=C(CCN1C(=O)C2CCCCC2C1=O)Nc1nc2cc(C(F)(F)F)ccc2n1Cc1ccco1. The monoisotopic (exact) mass is 488 g/mol. The average molecular weight is 488 g/mol. The smallest absolute Gasteiger partial charge is 0.416 e. The van der Waals surface area contributed by atoms with Gasteiger partial charge in [-0.3, -0.25) is 24.6 Å². The predicted octanol–water partition coefficient (Wildman–Crippen LogP) is 4.20. The molecule has 5 rings (SSSR count). The number of aromatic nitrogens is 2. The summed E-state index contributed by atoms with van der Waals surface area (Å²) in [6, 6.07) is 6.56. The first kappa shape index (κ1) is 23.1. The molecule has 11 heteroatoms. The molecule has 2 atom stereocenters. The molecular formula is C24H23F3N4O4. The predicted molar refractivity (Wildman–Crippen MR) is 118 cm³/mol. The average Bonchev–Trinajstić information content (AvgIpc) is 3.51. The highest BCUT2D eigenvalue weighted by molar-refractivity contribution is 6.05. The summed E-state index contributed by atoms with van der Waals surface area (Å²) in [5.74, 6) is -0.967. The summed E-state index contributed by atoms with van der Waals surface area (Å²) in [6.07, 6.45) is -0.00455. The van der Waals surface area contributed by atoms with E-state index in [9.17, 15) is 27.6 Å². The first-order valence-electron chi connectivity index (χ1n) is 11.5. The number of nitrogens with one attached hydrogen (secondary N) is 1. The lowest BCUT2D eigenvalue weighted by Gasteiger charge is -2.19. The number of furan rings is 1. The van der Waals surface area contributed by atoms with Crippen molar-refractivity contribution in [1.29, 1.82) is 0 Å². The van der Waals surface area contributed by atoms with E-state index in [-0.39, 0.29) is 54.6 Å². The Morgan fingerprint density at radius 1 is 1.11 bits per heavy atom. The molecule has 1 saturated carbocycles. The number of hydrogen-bond acceptors (Lipinski definition) is 5. The Balaban J connectivity index is 1.35. The first-order chi connectivity index (χ1) is 16.7. The number of nitrogens with zero attached hydrogens (tertiary/aromatic N) is 3. The van der Waals surface area contributed by atoms with Crippen molar-refractivity contribution < 1.29 is 32.0 Å². The number of imidazole rings is 1. The highest BCUT2D eigenvalue weighted by Gasteiger charge is 2.47. The fourth-order valence-corrected chi connectivity index (χ4v) is 4.97. The largest absolute Gasteiger partial charge is 0.467 e. The van der Waals surface area contributed by atoms with Gasteiger partial charge in [-0.2, -0.15) is 13.2 Å². The number of amides is 3. The van der Waals surface area contributed by atoms with Gasteiger partial charge in [-0.25, -0.2) is 4.98 Å². The fourth-order valence-electron chi connectivity index (χ4n) is 4.97. The van der Waals surface area contributed by atoms with Crippen molar-refractivity contribution in [2.75, 3.05) is 11.9 Å². The lowest BCUT2D eigenvalue weighted by atomic mass is 9.81. The molecule has 3 aromatic rings. The molecule has 1 aliphatic carbocycles. The Labute approximate surface area is 198 Å². The van der Waals surface area contributed by atoms with Gasteiger partial charge in [0.15, 0.2) is 0 Å². The van der Waals surface area contributed by atoms with Gasteiger partial charge in [0.05, 0.1) is 41.2 Å². The van der Waals surface area contributed by atoms with Crippen LogP contribution in [0.15, 0.2) is 41.0 Å². The normalized spacial score (nSPS) is 20.5. The van der Waals surface area contributed by atoms with E-state index < -0.39 is 17.6 Å². The molecule has 2 unspecified atom stereocenters. The molecule has 2 aliphatic rings. The van der Waals surface area contributed by atoms with Crippen LogP contribution in [-0.4, -0.2) is 38.7 Å². The second kappa shape index (κ2) is 8.86. The van der Waals surface area contributed by atoms with E-state index in [0.717, 1.165) is 25.0 Å². The number of carbonyl (C=O) groups excluding carboxylic acids is 3. The third-order valence-electron chi connectivity index (χ3n) is 6.72. The molecule has 1 aromatic carbocycles. The van der Waals surface area contributed by atoms with Crippen LogP contribution in [0.1, 0.15) is 43.4 Å². The zero-order chi connectivity index (χ0) is 24.7. The third-order valence-corrected chi connectivity index (χ3v) is 6.72. The Bertz CT molecular complexity index is 1260. The van der Waals surface area contributed by atoms with E-state index in [4.69, 9.17) is 4.42 Å². The molecule has 2 aromatic heterocycles. The number of rotatable bonds is 6. The summed E-state index contributed by atoms with van der Waals surface area (Å²) in [5, 5.41) is 2.63. The minimum atomic E-state index is -4.53. The molecule has 0 spiro atoms. The van der Waals surface area contributed by atoms with Crippen molar-refractivity contribution >= 4 is 34.7 Å². The summed E-state index contributed by atoms with van der Waals surface area (Å²) in [4.78, 5) is 43.4. The van der Waals surface area contributed by atoms with Crippen molar-refractivity contribution in [3.8, 4) is 0 Å². The number of benzene rings is 1. The van der Waals surface area contributed by atoms with Crippen molar-refractivity contribution in [3.05, 3.63) is 47.9 Å². The molecular weight excluding hydrogens is 465 g/mol. The molecule has 184 valence electrons. The molecule has 3 amide bonds. The summed E-state index contributed by atoms with van der Waals surface area (Å²) in [7, 11) is 0. The van der Waals surface area contributed by atoms with Gasteiger partial charge in [0.2, 0.25) is 23.7 Å². The van der Waals surface area contributed by atoms with Crippen LogP contribution in [0, 0.1) is 11.8 Å². The second-order valence-electron chi connectivity index (χ2n) is 8.93.